The fourth-order valence-corrected chi connectivity index (χ4v) is 5.70. The number of amides is 2. The van der Waals surface area contributed by atoms with Crippen molar-refractivity contribution in [1.82, 2.24) is 10.2 Å². The van der Waals surface area contributed by atoms with Gasteiger partial charge < -0.3 is 20.5 Å². The molecule has 1 fully saturated rings. The van der Waals surface area contributed by atoms with Crippen molar-refractivity contribution in [2.45, 2.75) is 77.4 Å². The van der Waals surface area contributed by atoms with E-state index in [9.17, 15) is 9.59 Å². The highest BCUT2D eigenvalue weighted by Crippen LogP contribution is 2.48. The van der Waals surface area contributed by atoms with E-state index < -0.39 is 5.54 Å². The number of aliphatic imine (C=N–C) groups is 1. The fourth-order valence-electron chi connectivity index (χ4n) is 5.70. The number of rotatable bonds is 9. The molecule has 1 aliphatic carbocycles. The van der Waals surface area contributed by atoms with E-state index in [1.807, 2.05) is 38.1 Å². The predicted molar refractivity (Wildman–Crippen MR) is 135 cm³/mol. The number of nitrogens with one attached hydrogen (secondary N) is 1. The molecule has 1 aromatic rings. The number of benzene rings is 1. The molecule has 0 radical (unpaired) electrons. The molecular weight excluding hydrogens is 444 g/mol. The second-order valence-electron chi connectivity index (χ2n) is 11.0. The van der Waals surface area contributed by atoms with Gasteiger partial charge in [-0.3, -0.25) is 14.5 Å². The van der Waals surface area contributed by atoms with Crippen molar-refractivity contribution in [2.75, 3.05) is 20.3 Å². The molecule has 0 bridgehead atoms. The molecule has 0 aromatic heterocycles. The minimum atomic E-state index is -0.425. The Balaban J connectivity index is 1.52. The first-order valence-corrected chi connectivity index (χ1v) is 12.8. The van der Waals surface area contributed by atoms with Gasteiger partial charge in [-0.15, -0.1) is 0 Å². The van der Waals surface area contributed by atoms with Gasteiger partial charge in [0.15, 0.2) is 5.96 Å². The molecule has 3 N–H and O–H groups in total. The Morgan fingerprint density at radius 1 is 1.31 bits per heavy atom. The molecule has 0 spiro atoms. The van der Waals surface area contributed by atoms with Crippen LogP contribution in [0.3, 0.4) is 0 Å². The van der Waals surface area contributed by atoms with E-state index in [0.717, 1.165) is 30.6 Å². The Morgan fingerprint density at radius 3 is 2.69 bits per heavy atom. The van der Waals surface area contributed by atoms with E-state index in [4.69, 9.17) is 20.2 Å². The van der Waals surface area contributed by atoms with Gasteiger partial charge in [-0.2, -0.15) is 0 Å². The van der Waals surface area contributed by atoms with Gasteiger partial charge in [0, 0.05) is 36.7 Å². The van der Waals surface area contributed by atoms with Crippen molar-refractivity contribution < 1.29 is 19.1 Å². The SMILES string of the molecule is CCC1(CC)CC(=O)N([C@H](CCOC)[C@@H]2C[C@H]2C(=O)N[C@H]2c3ccccc3OCC2(C)C)C(N)=N1. The Labute approximate surface area is 208 Å². The number of carbonyl (C=O) groups is 2. The number of hydrogen-bond acceptors (Lipinski definition) is 6. The molecule has 192 valence electrons. The molecule has 2 aliphatic heterocycles. The summed E-state index contributed by atoms with van der Waals surface area (Å²) >= 11 is 0. The first kappa shape index (κ1) is 25.5. The highest BCUT2D eigenvalue weighted by atomic mass is 16.5. The van der Waals surface area contributed by atoms with Crippen molar-refractivity contribution >= 4 is 17.8 Å². The minimum absolute atomic E-state index is 0.00662. The zero-order valence-electron chi connectivity index (χ0n) is 21.7. The molecule has 1 aromatic carbocycles. The number of hydrogen-bond donors (Lipinski definition) is 2. The number of carbonyl (C=O) groups excluding carboxylic acids is 2. The average Bonchev–Trinajstić information content (AvgIpc) is 3.63. The molecule has 4 rings (SSSR count). The third-order valence-corrected chi connectivity index (χ3v) is 8.18. The normalized spacial score (nSPS) is 27.3. The summed E-state index contributed by atoms with van der Waals surface area (Å²) in [7, 11) is 1.65. The lowest BCUT2D eigenvalue weighted by molar-refractivity contribution is -0.133. The van der Waals surface area contributed by atoms with Gasteiger partial charge in [-0.05, 0) is 37.7 Å². The van der Waals surface area contributed by atoms with Crippen molar-refractivity contribution in [2.24, 2.45) is 28.0 Å². The van der Waals surface area contributed by atoms with E-state index >= 15 is 0 Å². The highest BCUT2D eigenvalue weighted by Gasteiger charge is 2.53. The molecule has 35 heavy (non-hydrogen) atoms. The van der Waals surface area contributed by atoms with Crippen LogP contribution in [-0.2, 0) is 14.3 Å². The summed E-state index contributed by atoms with van der Waals surface area (Å²) in [5, 5.41) is 3.31. The summed E-state index contributed by atoms with van der Waals surface area (Å²) in [5.41, 5.74) is 6.73. The molecule has 0 unspecified atom stereocenters. The van der Waals surface area contributed by atoms with Gasteiger partial charge in [-0.1, -0.05) is 45.9 Å². The number of para-hydroxylation sites is 1. The van der Waals surface area contributed by atoms with Crippen LogP contribution in [0.1, 0.15) is 71.4 Å². The summed E-state index contributed by atoms with van der Waals surface area (Å²) in [6, 6.07) is 7.53. The zero-order valence-corrected chi connectivity index (χ0v) is 21.7. The maximum Gasteiger partial charge on any atom is 0.231 e. The standard InChI is InChI=1S/C27H40N4O4/c1-6-27(7-2)15-22(32)31(25(28)30-27)20(12-13-34-5)18-14-19(18)24(33)29-23-17-10-8-9-11-21(17)35-16-26(23,3)4/h8-11,18-20,23H,6-7,12-16H2,1-5H3,(H2,28,30)(H,29,33)/t18-,19-,20-,23+/m1/s1. The molecular formula is C27H40N4O4. The number of ether oxygens (including phenoxy) is 2. The van der Waals surface area contributed by atoms with Crippen molar-refractivity contribution in [3.05, 3.63) is 29.8 Å². The van der Waals surface area contributed by atoms with Crippen LogP contribution in [0.2, 0.25) is 0 Å². The van der Waals surface area contributed by atoms with Crippen LogP contribution in [0.4, 0.5) is 0 Å². The monoisotopic (exact) mass is 484 g/mol. The topological polar surface area (TPSA) is 106 Å². The van der Waals surface area contributed by atoms with Crippen LogP contribution in [0, 0.1) is 17.3 Å². The number of methoxy groups -OCH3 is 1. The van der Waals surface area contributed by atoms with E-state index in [1.165, 1.54) is 0 Å². The van der Waals surface area contributed by atoms with Gasteiger partial charge in [0.2, 0.25) is 11.8 Å². The van der Waals surface area contributed by atoms with Gasteiger partial charge in [0.1, 0.15) is 5.75 Å². The molecule has 8 heteroatoms. The molecule has 0 saturated heterocycles. The summed E-state index contributed by atoms with van der Waals surface area (Å²) in [4.78, 5) is 33.2. The first-order valence-electron chi connectivity index (χ1n) is 12.8. The number of fused-ring (bicyclic) bond motifs is 1. The smallest absolute Gasteiger partial charge is 0.231 e. The minimum Gasteiger partial charge on any atom is -0.493 e. The molecule has 2 heterocycles. The van der Waals surface area contributed by atoms with Gasteiger partial charge in [0.25, 0.3) is 0 Å². The maximum atomic E-state index is 13.5. The first-order chi connectivity index (χ1) is 16.7. The Morgan fingerprint density at radius 2 is 2.03 bits per heavy atom. The van der Waals surface area contributed by atoms with Gasteiger partial charge in [0.05, 0.1) is 24.6 Å². The van der Waals surface area contributed by atoms with Crippen molar-refractivity contribution in [3.8, 4) is 5.75 Å². The number of nitrogens with zero attached hydrogens (tertiary/aromatic N) is 2. The van der Waals surface area contributed by atoms with Crippen LogP contribution in [0.15, 0.2) is 29.3 Å². The van der Waals surface area contributed by atoms with E-state index in [-0.39, 0.29) is 47.1 Å². The lowest BCUT2D eigenvalue weighted by Gasteiger charge is -2.41. The second-order valence-corrected chi connectivity index (χ2v) is 11.0. The van der Waals surface area contributed by atoms with Gasteiger partial charge in [-0.25, -0.2) is 4.99 Å². The Hall–Kier alpha value is -2.61. The van der Waals surface area contributed by atoms with Crippen LogP contribution in [0.5, 0.6) is 5.75 Å². The van der Waals surface area contributed by atoms with E-state index in [0.29, 0.717) is 26.1 Å². The Bertz CT molecular complexity index is 987. The highest BCUT2D eigenvalue weighted by molar-refractivity contribution is 5.99. The zero-order chi connectivity index (χ0) is 25.4. The predicted octanol–water partition coefficient (Wildman–Crippen LogP) is 3.41. The second kappa shape index (κ2) is 9.80. The lowest BCUT2D eigenvalue weighted by Crippen LogP contribution is -2.56. The van der Waals surface area contributed by atoms with E-state index in [2.05, 4.69) is 19.2 Å². The lowest BCUT2D eigenvalue weighted by atomic mass is 9.79. The molecule has 4 atom stereocenters. The Kier molecular flexibility index (Phi) is 7.13. The molecule has 2 amide bonds. The van der Waals surface area contributed by atoms with Crippen LogP contribution < -0.4 is 15.8 Å². The summed E-state index contributed by atoms with van der Waals surface area (Å²) in [5.74, 6) is 0.956. The number of guanidine groups is 1. The molecule has 3 aliphatic rings. The largest absolute Gasteiger partial charge is 0.493 e. The average molecular weight is 485 g/mol. The third kappa shape index (κ3) is 4.90. The van der Waals surface area contributed by atoms with Crippen molar-refractivity contribution in [3.63, 3.8) is 0 Å². The molecule has 1 saturated carbocycles. The maximum absolute atomic E-state index is 13.5. The summed E-state index contributed by atoms with van der Waals surface area (Å²) in [6.07, 6.45) is 3.21. The number of nitrogens with two attached hydrogens (primary N) is 1. The van der Waals surface area contributed by atoms with Crippen molar-refractivity contribution in [1.29, 1.82) is 0 Å². The quantitative estimate of drug-likeness (QED) is 0.559. The van der Waals surface area contributed by atoms with Crippen LogP contribution in [0.25, 0.3) is 0 Å². The summed E-state index contributed by atoms with van der Waals surface area (Å²) in [6.45, 7) is 9.32. The molecule has 8 nitrogen and oxygen atoms in total. The van der Waals surface area contributed by atoms with Gasteiger partial charge >= 0.3 is 0 Å². The fraction of sp³-hybridized carbons (Fsp3) is 0.667. The third-order valence-electron chi connectivity index (χ3n) is 8.18. The summed E-state index contributed by atoms with van der Waals surface area (Å²) < 4.78 is 11.3. The van der Waals surface area contributed by atoms with Crippen LogP contribution >= 0.6 is 0 Å². The van der Waals surface area contributed by atoms with Crippen LogP contribution in [-0.4, -0.2) is 54.6 Å². The van der Waals surface area contributed by atoms with E-state index in [1.54, 1.807) is 12.0 Å².